The van der Waals surface area contributed by atoms with E-state index in [1.54, 1.807) is 18.2 Å². The van der Waals surface area contributed by atoms with Crippen LogP contribution in [-0.2, 0) is 10.0 Å². The van der Waals surface area contributed by atoms with Gasteiger partial charge in [-0.25, -0.2) is 13.1 Å². The van der Waals surface area contributed by atoms with Gasteiger partial charge in [0.05, 0.1) is 4.90 Å². The molecule has 0 aliphatic carbocycles. The molecule has 0 saturated heterocycles. The summed E-state index contributed by atoms with van der Waals surface area (Å²) in [4.78, 5) is 0.297. The first-order valence-electron chi connectivity index (χ1n) is 5.15. The van der Waals surface area contributed by atoms with Crippen LogP contribution in [0.25, 0.3) is 0 Å². The fourth-order valence-electron chi connectivity index (χ4n) is 1.16. The molecule has 1 aromatic rings. The van der Waals surface area contributed by atoms with Crippen LogP contribution in [0.1, 0.15) is 25.8 Å². The van der Waals surface area contributed by atoms with Crippen molar-refractivity contribution in [3.63, 3.8) is 0 Å². The van der Waals surface area contributed by atoms with Crippen LogP contribution in [0.3, 0.4) is 0 Å². The lowest BCUT2D eigenvalue weighted by molar-refractivity contribution is 0.556. The van der Waals surface area contributed by atoms with Crippen molar-refractivity contribution >= 4 is 26.0 Å². The van der Waals surface area contributed by atoms with Crippen LogP contribution in [0, 0.1) is 6.92 Å². The highest BCUT2D eigenvalue weighted by Gasteiger charge is 2.16. The van der Waals surface area contributed by atoms with Crippen molar-refractivity contribution in [3.05, 3.63) is 28.2 Å². The Morgan fingerprint density at radius 2 is 2.06 bits per heavy atom. The fourth-order valence-corrected chi connectivity index (χ4v) is 3.04. The highest BCUT2D eigenvalue weighted by molar-refractivity contribution is 9.10. The minimum absolute atomic E-state index is 0.0509. The molecule has 90 valence electrons. The van der Waals surface area contributed by atoms with Crippen molar-refractivity contribution < 1.29 is 8.42 Å². The summed E-state index contributed by atoms with van der Waals surface area (Å²) < 4.78 is 27.3. The van der Waals surface area contributed by atoms with E-state index in [9.17, 15) is 8.42 Å². The zero-order valence-corrected chi connectivity index (χ0v) is 12.0. The number of sulfonamides is 1. The van der Waals surface area contributed by atoms with Gasteiger partial charge in [0, 0.05) is 10.5 Å². The molecule has 1 N–H and O–H groups in total. The largest absolute Gasteiger partial charge is 0.240 e. The molecule has 1 aromatic carbocycles. The summed E-state index contributed by atoms with van der Waals surface area (Å²) in [6.07, 6.45) is 0.770. The number of hydrogen-bond acceptors (Lipinski definition) is 2. The predicted molar refractivity (Wildman–Crippen MR) is 69.0 cm³/mol. The van der Waals surface area contributed by atoms with Gasteiger partial charge < -0.3 is 0 Å². The Kier molecular flexibility index (Phi) is 4.52. The lowest BCUT2D eigenvalue weighted by atomic mass is 10.2. The Bertz CT molecular complexity index is 471. The molecular formula is C11H16BrNO2S. The summed E-state index contributed by atoms with van der Waals surface area (Å²) in [7, 11) is -3.39. The number of halogens is 1. The van der Waals surface area contributed by atoms with Crippen molar-refractivity contribution in [2.75, 3.05) is 0 Å². The number of rotatable bonds is 4. The van der Waals surface area contributed by atoms with Gasteiger partial charge in [0.25, 0.3) is 0 Å². The standard InChI is InChI=1S/C11H16BrNO2S/c1-4-9(3)13-16(14,15)10-6-5-8(2)11(12)7-10/h5-7,9,13H,4H2,1-3H3. The van der Waals surface area contributed by atoms with Crippen molar-refractivity contribution in [2.45, 2.75) is 38.1 Å². The van der Waals surface area contributed by atoms with E-state index < -0.39 is 10.0 Å². The topological polar surface area (TPSA) is 46.2 Å². The second kappa shape index (κ2) is 5.29. The molecule has 0 bridgehead atoms. The summed E-state index contributed by atoms with van der Waals surface area (Å²) in [5, 5.41) is 0. The van der Waals surface area contributed by atoms with Gasteiger partial charge in [-0.05, 0) is 38.0 Å². The monoisotopic (exact) mass is 305 g/mol. The third-order valence-corrected chi connectivity index (χ3v) is 4.86. The fraction of sp³-hybridized carbons (Fsp3) is 0.455. The Labute approximate surface area is 105 Å². The van der Waals surface area contributed by atoms with Crippen LogP contribution in [0.2, 0.25) is 0 Å². The van der Waals surface area contributed by atoms with Crippen LogP contribution in [-0.4, -0.2) is 14.5 Å². The van der Waals surface area contributed by atoms with Gasteiger partial charge in [0.2, 0.25) is 10.0 Å². The summed E-state index contributed by atoms with van der Waals surface area (Å²) in [5.41, 5.74) is 1.02. The average molecular weight is 306 g/mol. The first-order valence-corrected chi connectivity index (χ1v) is 7.43. The van der Waals surface area contributed by atoms with Gasteiger partial charge in [-0.15, -0.1) is 0 Å². The molecule has 0 aliphatic rings. The molecule has 0 saturated carbocycles. The second-order valence-corrected chi connectivity index (χ2v) is 6.41. The van der Waals surface area contributed by atoms with Crippen molar-refractivity contribution in [2.24, 2.45) is 0 Å². The SMILES string of the molecule is CCC(C)NS(=O)(=O)c1ccc(C)c(Br)c1. The lowest BCUT2D eigenvalue weighted by Gasteiger charge is -2.12. The maximum absolute atomic E-state index is 11.9. The number of aryl methyl sites for hydroxylation is 1. The first-order chi connectivity index (χ1) is 7.36. The summed E-state index contributed by atoms with van der Waals surface area (Å²) >= 11 is 3.33. The van der Waals surface area contributed by atoms with Crippen molar-refractivity contribution in [1.29, 1.82) is 0 Å². The summed E-state index contributed by atoms with van der Waals surface area (Å²) in [6, 6.07) is 4.98. The molecule has 16 heavy (non-hydrogen) atoms. The van der Waals surface area contributed by atoms with Crippen molar-refractivity contribution in [1.82, 2.24) is 4.72 Å². The molecule has 0 fully saturated rings. The summed E-state index contributed by atoms with van der Waals surface area (Å²) in [5.74, 6) is 0. The van der Waals surface area contributed by atoms with Crippen LogP contribution in [0.15, 0.2) is 27.6 Å². The Morgan fingerprint density at radius 3 is 2.56 bits per heavy atom. The smallest absolute Gasteiger partial charge is 0.208 e. The van der Waals surface area contributed by atoms with Crippen LogP contribution < -0.4 is 4.72 Å². The molecular weight excluding hydrogens is 290 g/mol. The molecule has 0 amide bonds. The van der Waals surface area contributed by atoms with E-state index in [1.807, 2.05) is 20.8 Å². The predicted octanol–water partition coefficient (Wildman–Crippen LogP) is 2.83. The quantitative estimate of drug-likeness (QED) is 0.930. The van der Waals surface area contributed by atoms with Gasteiger partial charge in [-0.2, -0.15) is 0 Å². The van der Waals surface area contributed by atoms with Crippen LogP contribution in [0.5, 0.6) is 0 Å². The van der Waals surface area contributed by atoms with Gasteiger partial charge in [0.15, 0.2) is 0 Å². The molecule has 0 spiro atoms. The first kappa shape index (κ1) is 13.7. The van der Waals surface area contributed by atoms with Gasteiger partial charge in [-0.1, -0.05) is 28.9 Å². The number of hydrogen-bond donors (Lipinski definition) is 1. The van der Waals surface area contributed by atoms with Crippen LogP contribution >= 0.6 is 15.9 Å². The highest BCUT2D eigenvalue weighted by atomic mass is 79.9. The minimum atomic E-state index is -3.39. The van der Waals surface area contributed by atoms with E-state index in [-0.39, 0.29) is 6.04 Å². The Morgan fingerprint density at radius 1 is 1.44 bits per heavy atom. The van der Waals surface area contributed by atoms with E-state index in [2.05, 4.69) is 20.7 Å². The minimum Gasteiger partial charge on any atom is -0.208 e. The maximum Gasteiger partial charge on any atom is 0.240 e. The molecule has 0 heterocycles. The average Bonchev–Trinajstić information content (AvgIpc) is 2.21. The van der Waals surface area contributed by atoms with E-state index in [0.29, 0.717) is 4.90 Å². The van der Waals surface area contributed by atoms with E-state index in [1.165, 1.54) is 0 Å². The molecule has 3 nitrogen and oxygen atoms in total. The number of benzene rings is 1. The molecule has 0 radical (unpaired) electrons. The van der Waals surface area contributed by atoms with Gasteiger partial charge >= 0.3 is 0 Å². The van der Waals surface area contributed by atoms with E-state index in [4.69, 9.17) is 0 Å². The number of nitrogens with one attached hydrogen (secondary N) is 1. The normalized spacial score (nSPS) is 13.8. The zero-order chi connectivity index (χ0) is 12.3. The van der Waals surface area contributed by atoms with Crippen molar-refractivity contribution in [3.8, 4) is 0 Å². The summed E-state index contributed by atoms with van der Waals surface area (Å²) in [6.45, 7) is 5.71. The zero-order valence-electron chi connectivity index (χ0n) is 9.62. The molecule has 1 rings (SSSR count). The van der Waals surface area contributed by atoms with Gasteiger partial charge in [0.1, 0.15) is 0 Å². The Balaban J connectivity index is 3.03. The molecule has 1 unspecified atom stereocenters. The van der Waals surface area contributed by atoms with E-state index >= 15 is 0 Å². The lowest BCUT2D eigenvalue weighted by Crippen LogP contribution is -2.32. The van der Waals surface area contributed by atoms with Crippen LogP contribution in [0.4, 0.5) is 0 Å². The molecule has 0 aliphatic heterocycles. The molecule has 5 heteroatoms. The molecule has 1 atom stereocenters. The highest BCUT2D eigenvalue weighted by Crippen LogP contribution is 2.20. The van der Waals surface area contributed by atoms with Gasteiger partial charge in [-0.3, -0.25) is 0 Å². The third-order valence-electron chi connectivity index (χ3n) is 2.42. The maximum atomic E-state index is 11.9. The van der Waals surface area contributed by atoms with E-state index in [0.717, 1.165) is 16.5 Å². The Hall–Kier alpha value is -0.390. The third kappa shape index (κ3) is 3.30. The molecule has 0 aromatic heterocycles. The second-order valence-electron chi connectivity index (χ2n) is 3.84.